The van der Waals surface area contributed by atoms with E-state index in [1.807, 2.05) is 0 Å². The number of aryl methyl sites for hydroxylation is 1. The molecule has 0 spiro atoms. The molecule has 0 aliphatic carbocycles. The molecule has 9 heteroatoms. The lowest BCUT2D eigenvalue weighted by molar-refractivity contribution is -0.123. The maximum atomic E-state index is 12.1. The summed E-state index contributed by atoms with van der Waals surface area (Å²) in [7, 11) is -2.37. The van der Waals surface area contributed by atoms with Crippen LogP contribution in [0.3, 0.4) is 0 Å². The largest absolute Gasteiger partial charge is 0.286 e. The summed E-state index contributed by atoms with van der Waals surface area (Å²) in [6.07, 6.45) is 0.823. The molecule has 88 valence electrons. The zero-order chi connectivity index (χ0) is 11.9. The first kappa shape index (κ1) is 11.5. The molecule has 1 aromatic heterocycles. The normalized spacial score (nSPS) is 17.1. The number of amides is 1. The van der Waals surface area contributed by atoms with Gasteiger partial charge in [-0.15, -0.1) is 5.10 Å². The van der Waals surface area contributed by atoms with E-state index >= 15 is 0 Å². The molecule has 1 aromatic rings. The first-order valence-electron chi connectivity index (χ1n) is 4.55. The van der Waals surface area contributed by atoms with E-state index in [4.69, 9.17) is 0 Å². The van der Waals surface area contributed by atoms with Crippen molar-refractivity contribution in [1.29, 1.82) is 0 Å². The molecule has 1 aliphatic heterocycles. The third-order valence-corrected chi connectivity index (χ3v) is 5.01. The van der Waals surface area contributed by atoms with Gasteiger partial charge in [-0.3, -0.25) is 4.79 Å². The van der Waals surface area contributed by atoms with E-state index in [1.54, 1.807) is 0 Å². The van der Waals surface area contributed by atoms with E-state index in [0.717, 1.165) is 8.99 Å². The zero-order valence-corrected chi connectivity index (χ0v) is 10.8. The monoisotopic (exact) mass is 308 g/mol. The number of carbonyl (C=O) groups is 1. The minimum absolute atomic E-state index is 0.0947. The van der Waals surface area contributed by atoms with Gasteiger partial charge < -0.3 is 0 Å². The molecular formula is C7H9BrN4O3S. The fourth-order valence-corrected chi connectivity index (χ4v) is 4.08. The minimum Gasteiger partial charge on any atom is -0.274 e. The summed E-state index contributed by atoms with van der Waals surface area (Å²) >= 11 is 3.01. The molecule has 1 saturated heterocycles. The van der Waals surface area contributed by atoms with Crippen LogP contribution in [0, 0.1) is 0 Å². The Morgan fingerprint density at radius 1 is 1.44 bits per heavy atom. The van der Waals surface area contributed by atoms with Crippen LogP contribution >= 0.6 is 15.9 Å². The third-order valence-electron chi connectivity index (χ3n) is 2.30. The van der Waals surface area contributed by atoms with Crippen LogP contribution in [0.4, 0.5) is 0 Å². The summed E-state index contributed by atoms with van der Waals surface area (Å²) in [4.78, 5) is 11.4. The van der Waals surface area contributed by atoms with Gasteiger partial charge in [0, 0.05) is 20.0 Å². The van der Waals surface area contributed by atoms with Gasteiger partial charge in [-0.05, 0) is 22.4 Å². The molecule has 0 aromatic carbocycles. The van der Waals surface area contributed by atoms with Crippen molar-refractivity contribution in [1.82, 2.24) is 19.3 Å². The Morgan fingerprint density at radius 2 is 2.12 bits per heavy atom. The lowest BCUT2D eigenvalue weighted by Crippen LogP contribution is -2.33. The van der Waals surface area contributed by atoms with Crippen molar-refractivity contribution in [2.75, 3.05) is 6.54 Å². The predicted molar refractivity (Wildman–Crippen MR) is 56.8 cm³/mol. The van der Waals surface area contributed by atoms with Gasteiger partial charge in [0.25, 0.3) is 10.0 Å². The smallest absolute Gasteiger partial charge is 0.274 e. The summed E-state index contributed by atoms with van der Waals surface area (Å²) in [5.41, 5.74) is 0. The van der Waals surface area contributed by atoms with Crippen LogP contribution < -0.4 is 0 Å². The fraction of sp³-hybridized carbons (Fsp3) is 0.571. The molecule has 0 unspecified atom stereocenters. The first-order valence-corrected chi connectivity index (χ1v) is 6.78. The molecular weight excluding hydrogens is 300 g/mol. The Bertz CT molecular complexity index is 518. The number of rotatable bonds is 2. The molecule has 0 saturated carbocycles. The Hall–Kier alpha value is -0.960. The van der Waals surface area contributed by atoms with Crippen molar-refractivity contribution in [3.8, 4) is 0 Å². The van der Waals surface area contributed by atoms with Gasteiger partial charge >= 0.3 is 0 Å². The number of aromatic nitrogens is 3. The summed E-state index contributed by atoms with van der Waals surface area (Å²) < 4.78 is 26.4. The molecule has 1 fully saturated rings. The second-order valence-corrected chi connectivity index (χ2v) is 5.91. The van der Waals surface area contributed by atoms with E-state index in [-0.39, 0.29) is 28.5 Å². The average molecular weight is 309 g/mol. The minimum atomic E-state index is -3.83. The molecule has 2 heterocycles. The van der Waals surface area contributed by atoms with E-state index in [9.17, 15) is 13.2 Å². The second kappa shape index (κ2) is 3.81. The number of carbonyl (C=O) groups excluding carboxylic acids is 1. The van der Waals surface area contributed by atoms with Gasteiger partial charge in [0.1, 0.15) is 0 Å². The van der Waals surface area contributed by atoms with Crippen molar-refractivity contribution < 1.29 is 13.2 Å². The molecule has 1 aliphatic rings. The average Bonchev–Trinajstić information content (AvgIpc) is 2.73. The van der Waals surface area contributed by atoms with Crippen LogP contribution in [0.15, 0.2) is 9.63 Å². The van der Waals surface area contributed by atoms with Gasteiger partial charge in [0.05, 0.1) is 0 Å². The van der Waals surface area contributed by atoms with Crippen molar-refractivity contribution in [3.63, 3.8) is 0 Å². The molecule has 7 nitrogen and oxygen atoms in total. The first-order chi connectivity index (χ1) is 7.44. The molecule has 1 amide bonds. The van der Waals surface area contributed by atoms with E-state index < -0.39 is 10.0 Å². The SMILES string of the molecule is Cn1nnc(Br)c1S(=O)(=O)N1CCCC1=O. The summed E-state index contributed by atoms with van der Waals surface area (Å²) in [5, 5.41) is 7.08. The van der Waals surface area contributed by atoms with Gasteiger partial charge in [-0.1, -0.05) is 5.21 Å². The van der Waals surface area contributed by atoms with Crippen LogP contribution in [-0.2, 0) is 21.9 Å². The molecule has 0 atom stereocenters. The van der Waals surface area contributed by atoms with Gasteiger partial charge in [0.15, 0.2) is 4.60 Å². The standard InChI is InChI=1S/C7H9BrN4O3S/c1-11-7(6(8)9-10-11)16(14,15)12-4-2-3-5(12)13/h2-4H2,1H3. The summed E-state index contributed by atoms with van der Waals surface area (Å²) in [6.45, 7) is 0.221. The van der Waals surface area contributed by atoms with E-state index in [2.05, 4.69) is 26.2 Å². The Morgan fingerprint density at radius 3 is 2.56 bits per heavy atom. The predicted octanol–water partition coefficient (Wildman–Crippen LogP) is -0.111. The maximum Gasteiger partial charge on any atom is 0.286 e. The lowest BCUT2D eigenvalue weighted by Gasteiger charge is -2.15. The molecule has 0 N–H and O–H groups in total. The molecule has 2 rings (SSSR count). The molecule has 16 heavy (non-hydrogen) atoms. The fourth-order valence-electron chi connectivity index (χ4n) is 1.58. The van der Waals surface area contributed by atoms with Crippen LogP contribution in [-0.4, -0.2) is 40.2 Å². The Kier molecular flexibility index (Phi) is 2.74. The van der Waals surface area contributed by atoms with E-state index in [1.165, 1.54) is 7.05 Å². The van der Waals surface area contributed by atoms with E-state index in [0.29, 0.717) is 6.42 Å². The van der Waals surface area contributed by atoms with Gasteiger partial charge in [0.2, 0.25) is 10.9 Å². The Labute approximate surface area is 101 Å². The highest BCUT2D eigenvalue weighted by Crippen LogP contribution is 2.25. The van der Waals surface area contributed by atoms with Crippen LogP contribution in [0.5, 0.6) is 0 Å². The number of nitrogens with zero attached hydrogens (tertiary/aromatic N) is 4. The van der Waals surface area contributed by atoms with Gasteiger partial charge in [-0.25, -0.2) is 8.99 Å². The highest BCUT2D eigenvalue weighted by Gasteiger charge is 2.36. The van der Waals surface area contributed by atoms with Gasteiger partial charge in [-0.2, -0.15) is 8.42 Å². The lowest BCUT2D eigenvalue weighted by atomic mass is 10.4. The van der Waals surface area contributed by atoms with Crippen LogP contribution in [0.2, 0.25) is 0 Å². The highest BCUT2D eigenvalue weighted by molar-refractivity contribution is 9.10. The number of hydrogen-bond donors (Lipinski definition) is 0. The van der Waals surface area contributed by atoms with Crippen molar-refractivity contribution in [3.05, 3.63) is 4.60 Å². The second-order valence-electron chi connectivity index (χ2n) is 3.38. The molecule has 0 radical (unpaired) electrons. The quantitative estimate of drug-likeness (QED) is 0.761. The number of halogens is 1. The summed E-state index contributed by atoms with van der Waals surface area (Å²) in [6, 6.07) is 0. The topological polar surface area (TPSA) is 85.2 Å². The Balaban J connectivity index is 2.51. The van der Waals surface area contributed by atoms with Crippen molar-refractivity contribution >= 4 is 31.9 Å². The number of hydrogen-bond acceptors (Lipinski definition) is 5. The van der Waals surface area contributed by atoms with Crippen molar-refractivity contribution in [2.24, 2.45) is 7.05 Å². The molecule has 0 bridgehead atoms. The van der Waals surface area contributed by atoms with Crippen molar-refractivity contribution in [2.45, 2.75) is 17.9 Å². The zero-order valence-electron chi connectivity index (χ0n) is 8.42. The highest BCUT2D eigenvalue weighted by atomic mass is 79.9. The maximum absolute atomic E-state index is 12.1. The van der Waals surface area contributed by atoms with Crippen LogP contribution in [0.1, 0.15) is 12.8 Å². The number of sulfonamides is 1. The van der Waals surface area contributed by atoms with Crippen LogP contribution in [0.25, 0.3) is 0 Å². The summed E-state index contributed by atoms with van der Waals surface area (Å²) in [5.74, 6) is -0.381. The third kappa shape index (κ3) is 1.63.